The van der Waals surface area contributed by atoms with Gasteiger partial charge in [-0.25, -0.2) is 4.79 Å². The Morgan fingerprint density at radius 3 is 2.52 bits per heavy atom. The Balaban J connectivity index is 2.21. The molecule has 1 aromatic rings. The lowest BCUT2D eigenvalue weighted by molar-refractivity contribution is 0.0286. The predicted octanol–water partition coefficient (Wildman–Crippen LogP) is 2.92. The quantitative estimate of drug-likeness (QED) is 0.471. The number of carboxylic acids is 1. The molecule has 1 N–H and O–H groups in total. The number of rotatable bonds is 11. The minimum absolute atomic E-state index is 0.311. The number of carboxylic acid groups (broad SMARTS) is 1. The zero-order valence-corrected chi connectivity index (χ0v) is 14.2. The van der Waals surface area contributed by atoms with Gasteiger partial charge in [-0.2, -0.15) is 0 Å². The molecule has 0 heterocycles. The molecule has 118 valence electrons. The highest BCUT2D eigenvalue weighted by molar-refractivity contribution is 9.10. The number of ether oxygens (including phenoxy) is 3. The first-order valence-corrected chi connectivity index (χ1v) is 8.23. The van der Waals surface area contributed by atoms with E-state index in [-0.39, 0.29) is 0 Å². The van der Waals surface area contributed by atoms with Crippen LogP contribution in [0, 0.1) is 0 Å². The summed E-state index contributed by atoms with van der Waals surface area (Å²) >= 11 is 4.81. The van der Waals surface area contributed by atoms with Crippen LogP contribution in [0.3, 0.4) is 0 Å². The summed E-state index contributed by atoms with van der Waals surface area (Å²) < 4.78 is 16.4. The summed E-state index contributed by atoms with van der Waals surface area (Å²) in [6, 6.07) is 5.13. The maximum atomic E-state index is 11.1. The van der Waals surface area contributed by atoms with Gasteiger partial charge in [-0.3, -0.25) is 0 Å². The van der Waals surface area contributed by atoms with Gasteiger partial charge in [-0.1, -0.05) is 15.9 Å². The van der Waals surface area contributed by atoms with E-state index in [2.05, 4.69) is 15.9 Å². The van der Waals surface area contributed by atoms with Gasteiger partial charge in [-0.15, -0.1) is 11.8 Å². The van der Waals surface area contributed by atoms with Crippen LogP contribution in [-0.4, -0.2) is 57.0 Å². The zero-order valence-electron chi connectivity index (χ0n) is 11.8. The molecular formula is C14H19BrO5S. The van der Waals surface area contributed by atoms with Gasteiger partial charge in [0, 0.05) is 22.2 Å². The topological polar surface area (TPSA) is 65.0 Å². The minimum Gasteiger partial charge on any atom is -0.478 e. The molecule has 21 heavy (non-hydrogen) atoms. The molecule has 0 spiro atoms. The highest BCUT2D eigenvalue weighted by Gasteiger charge is 2.10. The van der Waals surface area contributed by atoms with Gasteiger partial charge in [0.2, 0.25) is 0 Å². The lowest BCUT2D eigenvalue weighted by Crippen LogP contribution is -2.09. The van der Waals surface area contributed by atoms with E-state index in [1.54, 1.807) is 19.2 Å². The monoisotopic (exact) mass is 378 g/mol. The Kier molecular flexibility index (Phi) is 9.69. The van der Waals surface area contributed by atoms with Crippen molar-refractivity contribution < 1.29 is 24.1 Å². The SMILES string of the molecule is COCCOCCOCCSc1cc(Br)ccc1C(=O)O. The molecule has 0 bridgehead atoms. The summed E-state index contributed by atoms with van der Waals surface area (Å²) in [5, 5.41) is 9.11. The van der Waals surface area contributed by atoms with Crippen LogP contribution in [0.25, 0.3) is 0 Å². The number of methoxy groups -OCH3 is 1. The minimum atomic E-state index is -0.919. The van der Waals surface area contributed by atoms with Gasteiger partial charge in [0.25, 0.3) is 0 Å². The van der Waals surface area contributed by atoms with Crippen LogP contribution in [-0.2, 0) is 14.2 Å². The lowest BCUT2D eigenvalue weighted by atomic mass is 10.2. The molecule has 0 aliphatic rings. The summed E-state index contributed by atoms with van der Waals surface area (Å²) in [5.41, 5.74) is 0.311. The molecule has 0 atom stereocenters. The fourth-order valence-electron chi connectivity index (χ4n) is 1.47. The number of aromatic carboxylic acids is 1. The molecule has 0 radical (unpaired) electrons. The van der Waals surface area contributed by atoms with Gasteiger partial charge in [0.15, 0.2) is 0 Å². The maximum absolute atomic E-state index is 11.1. The predicted molar refractivity (Wildman–Crippen MR) is 85.3 cm³/mol. The Morgan fingerprint density at radius 2 is 1.86 bits per heavy atom. The summed E-state index contributed by atoms with van der Waals surface area (Å²) in [5.74, 6) is -0.230. The van der Waals surface area contributed by atoms with Gasteiger partial charge < -0.3 is 19.3 Å². The van der Waals surface area contributed by atoms with Crippen molar-refractivity contribution in [2.45, 2.75) is 4.90 Å². The van der Waals surface area contributed by atoms with Crippen molar-refractivity contribution in [3.8, 4) is 0 Å². The van der Waals surface area contributed by atoms with E-state index in [4.69, 9.17) is 19.3 Å². The van der Waals surface area contributed by atoms with Gasteiger partial charge in [-0.05, 0) is 18.2 Å². The van der Waals surface area contributed by atoms with Crippen molar-refractivity contribution in [2.75, 3.05) is 45.9 Å². The van der Waals surface area contributed by atoms with Crippen LogP contribution in [0.1, 0.15) is 10.4 Å². The van der Waals surface area contributed by atoms with Crippen molar-refractivity contribution in [1.82, 2.24) is 0 Å². The van der Waals surface area contributed by atoms with Crippen molar-refractivity contribution in [2.24, 2.45) is 0 Å². The third-order valence-electron chi connectivity index (χ3n) is 2.46. The molecule has 0 unspecified atom stereocenters. The smallest absolute Gasteiger partial charge is 0.336 e. The molecule has 0 aromatic heterocycles. The van der Waals surface area contributed by atoms with E-state index in [1.807, 2.05) is 6.07 Å². The summed E-state index contributed by atoms with van der Waals surface area (Å²) in [6.45, 7) is 2.75. The van der Waals surface area contributed by atoms with Crippen LogP contribution < -0.4 is 0 Å². The fraction of sp³-hybridized carbons (Fsp3) is 0.500. The molecule has 0 aliphatic heterocycles. The van der Waals surface area contributed by atoms with E-state index in [0.717, 1.165) is 9.37 Å². The summed E-state index contributed by atoms with van der Waals surface area (Å²) in [4.78, 5) is 11.8. The number of hydrogen-bond acceptors (Lipinski definition) is 5. The highest BCUT2D eigenvalue weighted by atomic mass is 79.9. The van der Waals surface area contributed by atoms with Crippen LogP contribution >= 0.6 is 27.7 Å². The first-order chi connectivity index (χ1) is 10.1. The molecule has 0 saturated carbocycles. The summed E-state index contributed by atoms with van der Waals surface area (Å²) in [6.07, 6.45) is 0. The Hall–Kier alpha value is -0.600. The van der Waals surface area contributed by atoms with Gasteiger partial charge in [0.05, 0.1) is 38.6 Å². The lowest BCUT2D eigenvalue weighted by Gasteiger charge is -2.08. The van der Waals surface area contributed by atoms with Crippen molar-refractivity contribution in [3.05, 3.63) is 28.2 Å². The first-order valence-electron chi connectivity index (χ1n) is 6.45. The average Bonchev–Trinajstić information content (AvgIpc) is 2.45. The molecule has 0 aliphatic carbocycles. The third kappa shape index (κ3) is 7.82. The highest BCUT2D eigenvalue weighted by Crippen LogP contribution is 2.26. The van der Waals surface area contributed by atoms with E-state index in [9.17, 15) is 4.79 Å². The number of benzene rings is 1. The Labute approximate surface area is 137 Å². The van der Waals surface area contributed by atoms with E-state index in [0.29, 0.717) is 44.4 Å². The average molecular weight is 379 g/mol. The Bertz CT molecular complexity index is 441. The molecule has 7 heteroatoms. The molecule has 1 rings (SSSR count). The normalized spacial score (nSPS) is 10.8. The van der Waals surface area contributed by atoms with E-state index >= 15 is 0 Å². The van der Waals surface area contributed by atoms with Crippen LogP contribution in [0.2, 0.25) is 0 Å². The Morgan fingerprint density at radius 1 is 1.19 bits per heavy atom. The molecule has 0 fully saturated rings. The second kappa shape index (κ2) is 11.0. The number of carbonyl (C=O) groups is 1. The fourth-order valence-corrected chi connectivity index (χ4v) is 2.92. The maximum Gasteiger partial charge on any atom is 0.336 e. The summed E-state index contributed by atoms with van der Waals surface area (Å²) in [7, 11) is 1.63. The van der Waals surface area contributed by atoms with Crippen LogP contribution in [0.4, 0.5) is 0 Å². The van der Waals surface area contributed by atoms with Crippen LogP contribution in [0.15, 0.2) is 27.6 Å². The second-order valence-corrected chi connectivity index (χ2v) is 6.06. The van der Waals surface area contributed by atoms with E-state index in [1.165, 1.54) is 11.8 Å². The number of thioether (sulfide) groups is 1. The zero-order chi connectivity index (χ0) is 15.5. The van der Waals surface area contributed by atoms with Crippen molar-refractivity contribution in [3.63, 3.8) is 0 Å². The molecule has 5 nitrogen and oxygen atoms in total. The number of halogens is 1. The van der Waals surface area contributed by atoms with Crippen LogP contribution in [0.5, 0.6) is 0 Å². The molecule has 1 aromatic carbocycles. The largest absolute Gasteiger partial charge is 0.478 e. The first kappa shape index (κ1) is 18.4. The van der Waals surface area contributed by atoms with Gasteiger partial charge >= 0.3 is 5.97 Å². The second-order valence-electron chi connectivity index (χ2n) is 4.01. The standard InChI is InChI=1S/C14H19BrO5S/c1-18-4-5-19-6-7-20-8-9-21-13-10-11(15)2-3-12(13)14(16)17/h2-3,10H,4-9H2,1H3,(H,16,17). The third-order valence-corrected chi connectivity index (χ3v) is 3.98. The van der Waals surface area contributed by atoms with Crippen molar-refractivity contribution in [1.29, 1.82) is 0 Å². The number of hydrogen-bond donors (Lipinski definition) is 1. The van der Waals surface area contributed by atoms with Crippen molar-refractivity contribution >= 4 is 33.7 Å². The molecular weight excluding hydrogens is 360 g/mol. The molecule has 0 saturated heterocycles. The van der Waals surface area contributed by atoms with Gasteiger partial charge in [0.1, 0.15) is 0 Å². The molecule has 0 amide bonds. The van der Waals surface area contributed by atoms with E-state index < -0.39 is 5.97 Å².